The van der Waals surface area contributed by atoms with Crippen LogP contribution in [-0.2, 0) is 0 Å². The predicted molar refractivity (Wildman–Crippen MR) is 130 cm³/mol. The van der Waals surface area contributed by atoms with E-state index in [0.717, 1.165) is 43.0 Å². The van der Waals surface area contributed by atoms with Crippen molar-refractivity contribution in [1.29, 1.82) is 0 Å². The molecule has 0 amide bonds. The van der Waals surface area contributed by atoms with Gasteiger partial charge in [0.15, 0.2) is 0 Å². The summed E-state index contributed by atoms with van der Waals surface area (Å²) >= 11 is 0. The van der Waals surface area contributed by atoms with Crippen molar-refractivity contribution < 1.29 is 9.47 Å². The third-order valence-corrected chi connectivity index (χ3v) is 6.96. The van der Waals surface area contributed by atoms with Gasteiger partial charge in [-0.05, 0) is 106 Å². The van der Waals surface area contributed by atoms with Crippen LogP contribution in [0.15, 0.2) is 36.4 Å². The molecule has 0 heterocycles. The predicted octanol–water partition coefficient (Wildman–Crippen LogP) is 7.83. The van der Waals surface area contributed by atoms with Crippen LogP contribution in [0.4, 0.5) is 0 Å². The zero-order valence-corrected chi connectivity index (χ0v) is 19.8. The van der Waals surface area contributed by atoms with Gasteiger partial charge in [-0.2, -0.15) is 0 Å². The molecule has 0 unspecified atom stereocenters. The average Bonchev–Trinajstić information content (AvgIpc) is 2.82. The Bertz CT molecular complexity index is 692. The maximum atomic E-state index is 6.03. The topological polar surface area (TPSA) is 18.5 Å². The Kier molecular flexibility index (Phi) is 10.4. The number of ether oxygens (including phenoxy) is 2. The van der Waals surface area contributed by atoms with Crippen molar-refractivity contribution in [3.63, 3.8) is 0 Å². The summed E-state index contributed by atoms with van der Waals surface area (Å²) in [6.45, 7) is 6.01. The van der Waals surface area contributed by atoms with Crippen molar-refractivity contribution in [2.24, 2.45) is 23.7 Å². The van der Waals surface area contributed by atoms with E-state index in [1.165, 1.54) is 64.2 Å². The largest absolute Gasteiger partial charge is 0.494 e. The maximum absolute atomic E-state index is 6.03. The van der Waals surface area contributed by atoms with Crippen molar-refractivity contribution in [3.8, 4) is 23.3 Å². The van der Waals surface area contributed by atoms with E-state index in [2.05, 4.69) is 37.8 Å². The highest BCUT2D eigenvalue weighted by Gasteiger charge is 2.20. The molecule has 0 N–H and O–H groups in total. The van der Waals surface area contributed by atoms with Crippen LogP contribution in [0.2, 0.25) is 0 Å². The Hall–Kier alpha value is -1.88. The molecular formula is C29H42O2. The lowest BCUT2D eigenvalue weighted by molar-refractivity contribution is 0.196. The summed E-state index contributed by atoms with van der Waals surface area (Å²) in [4.78, 5) is 0. The summed E-state index contributed by atoms with van der Waals surface area (Å²) in [6, 6.07) is 8.04. The quantitative estimate of drug-likeness (QED) is 0.378. The molecule has 31 heavy (non-hydrogen) atoms. The molecule has 1 aromatic rings. The normalized spacial score (nSPS) is 26.3. The lowest BCUT2D eigenvalue weighted by Gasteiger charge is -2.26. The number of hydrogen-bond acceptors (Lipinski definition) is 2. The number of hydrogen-bond donors (Lipinski definition) is 0. The molecule has 2 aliphatic rings. The van der Waals surface area contributed by atoms with E-state index >= 15 is 0 Å². The highest BCUT2D eigenvalue weighted by atomic mass is 16.5. The van der Waals surface area contributed by atoms with Crippen LogP contribution < -0.4 is 9.47 Å². The number of benzene rings is 1. The summed E-state index contributed by atoms with van der Waals surface area (Å²) in [6.07, 6.45) is 18.7. The molecule has 2 aliphatic carbocycles. The van der Waals surface area contributed by atoms with Crippen LogP contribution in [0.1, 0.15) is 84.5 Å². The third-order valence-electron chi connectivity index (χ3n) is 6.96. The van der Waals surface area contributed by atoms with E-state index in [1.54, 1.807) is 0 Å². The molecule has 3 rings (SSSR count). The van der Waals surface area contributed by atoms with Gasteiger partial charge in [-0.25, -0.2) is 0 Å². The molecule has 2 fully saturated rings. The zero-order chi connectivity index (χ0) is 21.7. The second-order valence-corrected chi connectivity index (χ2v) is 9.57. The van der Waals surface area contributed by atoms with Gasteiger partial charge in [0, 0.05) is 5.92 Å². The van der Waals surface area contributed by atoms with E-state index in [1.807, 2.05) is 24.3 Å². The Morgan fingerprint density at radius 1 is 0.806 bits per heavy atom. The van der Waals surface area contributed by atoms with Crippen LogP contribution in [-0.4, -0.2) is 13.2 Å². The van der Waals surface area contributed by atoms with Gasteiger partial charge in [-0.3, -0.25) is 0 Å². The third kappa shape index (κ3) is 8.64. The number of allylic oxidation sites excluding steroid dienone is 2. The first kappa shape index (κ1) is 23.8. The summed E-state index contributed by atoms with van der Waals surface area (Å²) < 4.78 is 11.7. The lowest BCUT2D eigenvalue weighted by Crippen LogP contribution is -2.19. The summed E-state index contributed by atoms with van der Waals surface area (Å²) in [5, 5.41) is 0. The second kappa shape index (κ2) is 13.5. The van der Waals surface area contributed by atoms with Gasteiger partial charge in [0.05, 0.1) is 13.2 Å². The van der Waals surface area contributed by atoms with Gasteiger partial charge in [0.25, 0.3) is 0 Å². The van der Waals surface area contributed by atoms with Crippen LogP contribution in [0, 0.1) is 35.5 Å². The van der Waals surface area contributed by atoms with Gasteiger partial charge < -0.3 is 9.47 Å². The van der Waals surface area contributed by atoms with E-state index in [4.69, 9.17) is 9.47 Å². The molecule has 2 heteroatoms. The van der Waals surface area contributed by atoms with Crippen LogP contribution in [0.25, 0.3) is 0 Å². The molecule has 0 spiro atoms. The molecule has 0 radical (unpaired) electrons. The van der Waals surface area contributed by atoms with E-state index in [-0.39, 0.29) is 0 Å². The van der Waals surface area contributed by atoms with E-state index in [9.17, 15) is 0 Å². The van der Waals surface area contributed by atoms with Gasteiger partial charge in [-0.1, -0.05) is 44.6 Å². The second-order valence-electron chi connectivity index (χ2n) is 9.57. The average molecular weight is 423 g/mol. The van der Waals surface area contributed by atoms with Crippen molar-refractivity contribution in [2.45, 2.75) is 84.5 Å². The molecule has 0 atom stereocenters. The Morgan fingerprint density at radius 3 is 2.10 bits per heavy atom. The minimum absolute atomic E-state index is 0.566. The van der Waals surface area contributed by atoms with Crippen LogP contribution >= 0.6 is 0 Å². The number of rotatable bonds is 9. The lowest BCUT2D eigenvalue weighted by atomic mass is 9.80. The van der Waals surface area contributed by atoms with Gasteiger partial charge in [0.1, 0.15) is 11.5 Å². The highest BCUT2D eigenvalue weighted by Crippen LogP contribution is 2.32. The fourth-order valence-corrected chi connectivity index (χ4v) is 4.97. The molecule has 170 valence electrons. The first-order chi connectivity index (χ1) is 15.3. The maximum Gasteiger partial charge on any atom is 0.119 e. The molecule has 2 nitrogen and oxygen atoms in total. The van der Waals surface area contributed by atoms with E-state index < -0.39 is 0 Å². The van der Waals surface area contributed by atoms with Gasteiger partial charge >= 0.3 is 0 Å². The molecular weight excluding hydrogens is 380 g/mol. The van der Waals surface area contributed by atoms with Crippen molar-refractivity contribution >= 4 is 0 Å². The Labute approximate surface area is 190 Å². The summed E-state index contributed by atoms with van der Waals surface area (Å²) in [7, 11) is 0. The molecule has 2 saturated carbocycles. The molecule has 0 saturated heterocycles. The first-order valence-electron chi connectivity index (χ1n) is 12.8. The Balaban J connectivity index is 1.30. The first-order valence-corrected chi connectivity index (χ1v) is 12.8. The fraction of sp³-hybridized carbons (Fsp3) is 0.655. The monoisotopic (exact) mass is 422 g/mol. The minimum atomic E-state index is 0.566. The fourth-order valence-electron chi connectivity index (χ4n) is 4.97. The molecule has 1 aromatic carbocycles. The SMILES string of the molecule is CCCOc1ccc(OCC2CCC(C#CC=CC3CCC(CCC)CC3)CC2)cc1. The summed E-state index contributed by atoms with van der Waals surface area (Å²) in [5.74, 6) is 11.7. The van der Waals surface area contributed by atoms with Crippen LogP contribution in [0.3, 0.4) is 0 Å². The van der Waals surface area contributed by atoms with Crippen LogP contribution in [0.5, 0.6) is 11.5 Å². The minimum Gasteiger partial charge on any atom is -0.494 e. The van der Waals surface area contributed by atoms with E-state index in [0.29, 0.717) is 11.8 Å². The molecule has 0 aromatic heterocycles. The smallest absolute Gasteiger partial charge is 0.119 e. The van der Waals surface area contributed by atoms with Crippen molar-refractivity contribution in [3.05, 3.63) is 36.4 Å². The van der Waals surface area contributed by atoms with Gasteiger partial charge in [-0.15, -0.1) is 0 Å². The molecule has 0 aliphatic heterocycles. The van der Waals surface area contributed by atoms with Crippen molar-refractivity contribution in [2.75, 3.05) is 13.2 Å². The van der Waals surface area contributed by atoms with Gasteiger partial charge in [0.2, 0.25) is 0 Å². The van der Waals surface area contributed by atoms with Crippen molar-refractivity contribution in [1.82, 2.24) is 0 Å². The standard InChI is InChI=1S/C29H42O2/c1-3-7-24-10-12-25(13-11-24)8-5-6-9-26-14-16-27(17-15-26)23-31-29-20-18-28(19-21-29)30-22-4-2/h5,8,18-21,24-27H,3-4,7,10-17,22-23H2,1-2H3. The Morgan fingerprint density at radius 2 is 1.45 bits per heavy atom. The summed E-state index contributed by atoms with van der Waals surface area (Å²) in [5.41, 5.74) is 0. The zero-order valence-electron chi connectivity index (χ0n) is 19.8. The highest BCUT2D eigenvalue weighted by molar-refractivity contribution is 5.31. The molecule has 0 bridgehead atoms.